The Labute approximate surface area is 113 Å². The SMILES string of the molecule is CSc1cccc(NS(=O)(=O)CC2CCCN2)c1. The van der Waals surface area contributed by atoms with Gasteiger partial charge in [-0.1, -0.05) is 6.07 Å². The molecule has 1 aliphatic heterocycles. The maximum Gasteiger partial charge on any atom is 0.234 e. The molecule has 0 amide bonds. The smallest absolute Gasteiger partial charge is 0.234 e. The summed E-state index contributed by atoms with van der Waals surface area (Å²) < 4.78 is 26.6. The van der Waals surface area contributed by atoms with Crippen molar-refractivity contribution in [2.75, 3.05) is 23.3 Å². The summed E-state index contributed by atoms with van der Waals surface area (Å²) in [6.45, 7) is 0.919. The van der Waals surface area contributed by atoms with Crippen LogP contribution in [0, 0.1) is 0 Å². The minimum Gasteiger partial charge on any atom is -0.313 e. The van der Waals surface area contributed by atoms with Gasteiger partial charge in [0.15, 0.2) is 0 Å². The fourth-order valence-corrected chi connectivity index (χ4v) is 3.91. The molecule has 0 aromatic heterocycles. The summed E-state index contributed by atoms with van der Waals surface area (Å²) in [5.41, 5.74) is 0.639. The molecule has 0 saturated carbocycles. The number of hydrogen-bond acceptors (Lipinski definition) is 4. The molecule has 18 heavy (non-hydrogen) atoms. The number of hydrogen-bond donors (Lipinski definition) is 2. The van der Waals surface area contributed by atoms with E-state index in [9.17, 15) is 8.42 Å². The highest BCUT2D eigenvalue weighted by Crippen LogP contribution is 2.20. The molecule has 100 valence electrons. The predicted octanol–water partition coefficient (Wildman–Crippen LogP) is 1.90. The van der Waals surface area contributed by atoms with Gasteiger partial charge in [-0.2, -0.15) is 0 Å². The van der Waals surface area contributed by atoms with Gasteiger partial charge >= 0.3 is 0 Å². The number of nitrogens with one attached hydrogen (secondary N) is 2. The van der Waals surface area contributed by atoms with Crippen molar-refractivity contribution in [1.29, 1.82) is 0 Å². The fourth-order valence-electron chi connectivity index (χ4n) is 2.07. The van der Waals surface area contributed by atoms with Crippen LogP contribution in [0.15, 0.2) is 29.2 Å². The number of benzene rings is 1. The summed E-state index contributed by atoms with van der Waals surface area (Å²) in [7, 11) is -3.26. The highest BCUT2D eigenvalue weighted by atomic mass is 32.2. The summed E-state index contributed by atoms with van der Waals surface area (Å²) >= 11 is 1.59. The van der Waals surface area contributed by atoms with Crippen molar-refractivity contribution >= 4 is 27.5 Å². The van der Waals surface area contributed by atoms with E-state index in [2.05, 4.69) is 10.0 Å². The van der Waals surface area contributed by atoms with Crippen LogP contribution < -0.4 is 10.0 Å². The minimum atomic E-state index is -3.26. The molecule has 1 aromatic rings. The lowest BCUT2D eigenvalue weighted by molar-refractivity contribution is 0.582. The minimum absolute atomic E-state index is 0.0891. The first-order valence-electron chi connectivity index (χ1n) is 5.97. The number of rotatable bonds is 5. The van der Waals surface area contributed by atoms with Crippen molar-refractivity contribution in [2.24, 2.45) is 0 Å². The molecule has 1 atom stereocenters. The molecular weight excluding hydrogens is 268 g/mol. The van der Waals surface area contributed by atoms with E-state index < -0.39 is 10.0 Å². The van der Waals surface area contributed by atoms with Crippen LogP contribution in [0.2, 0.25) is 0 Å². The van der Waals surface area contributed by atoms with Gasteiger partial charge in [0.05, 0.1) is 5.75 Å². The normalized spacial score (nSPS) is 19.9. The maximum atomic E-state index is 12.0. The Bertz CT molecular complexity index is 497. The van der Waals surface area contributed by atoms with Crippen LogP contribution in [0.5, 0.6) is 0 Å². The number of sulfonamides is 1. The van der Waals surface area contributed by atoms with Crippen LogP contribution in [0.25, 0.3) is 0 Å². The third-order valence-corrected chi connectivity index (χ3v) is 5.04. The molecule has 1 heterocycles. The van der Waals surface area contributed by atoms with Gasteiger partial charge < -0.3 is 5.32 Å². The van der Waals surface area contributed by atoms with Gasteiger partial charge in [-0.3, -0.25) is 4.72 Å². The summed E-state index contributed by atoms with van der Waals surface area (Å²) in [4.78, 5) is 1.05. The zero-order valence-electron chi connectivity index (χ0n) is 10.3. The van der Waals surface area contributed by atoms with E-state index in [1.165, 1.54) is 0 Å². The van der Waals surface area contributed by atoms with Gasteiger partial charge in [0, 0.05) is 16.6 Å². The van der Waals surface area contributed by atoms with Crippen LogP contribution in [0.4, 0.5) is 5.69 Å². The van der Waals surface area contributed by atoms with Crippen LogP contribution >= 0.6 is 11.8 Å². The first-order valence-corrected chi connectivity index (χ1v) is 8.85. The van der Waals surface area contributed by atoms with Gasteiger partial charge in [0.25, 0.3) is 0 Å². The second-order valence-electron chi connectivity index (χ2n) is 4.41. The largest absolute Gasteiger partial charge is 0.313 e. The van der Waals surface area contributed by atoms with Gasteiger partial charge in [0.1, 0.15) is 0 Å². The molecule has 1 aromatic carbocycles. The van der Waals surface area contributed by atoms with E-state index in [1.807, 2.05) is 24.5 Å². The summed E-state index contributed by atoms with van der Waals surface area (Å²) in [5.74, 6) is 0.149. The Morgan fingerprint density at radius 1 is 1.50 bits per heavy atom. The Morgan fingerprint density at radius 3 is 3.00 bits per heavy atom. The molecule has 0 bridgehead atoms. The predicted molar refractivity (Wildman–Crippen MR) is 76.7 cm³/mol. The quantitative estimate of drug-likeness (QED) is 0.812. The third-order valence-electron chi connectivity index (χ3n) is 2.93. The highest BCUT2D eigenvalue weighted by molar-refractivity contribution is 7.98. The molecule has 1 saturated heterocycles. The average molecular weight is 286 g/mol. The van der Waals surface area contributed by atoms with E-state index in [1.54, 1.807) is 17.8 Å². The highest BCUT2D eigenvalue weighted by Gasteiger charge is 2.21. The Hall–Kier alpha value is -0.720. The van der Waals surface area contributed by atoms with Gasteiger partial charge in [-0.05, 0) is 43.8 Å². The molecule has 4 nitrogen and oxygen atoms in total. The van der Waals surface area contributed by atoms with E-state index in [0.29, 0.717) is 5.69 Å². The molecule has 0 spiro atoms. The second-order valence-corrected chi connectivity index (χ2v) is 7.06. The molecule has 6 heteroatoms. The zero-order valence-corrected chi connectivity index (χ0v) is 12.0. The molecule has 2 rings (SSSR count). The lowest BCUT2D eigenvalue weighted by Gasteiger charge is -2.13. The fraction of sp³-hybridized carbons (Fsp3) is 0.500. The lowest BCUT2D eigenvalue weighted by Crippen LogP contribution is -2.32. The molecular formula is C12H18N2O2S2. The van der Waals surface area contributed by atoms with Gasteiger partial charge in [-0.25, -0.2) is 8.42 Å². The van der Waals surface area contributed by atoms with Crippen LogP contribution in [-0.4, -0.2) is 33.0 Å². The molecule has 2 N–H and O–H groups in total. The Morgan fingerprint density at radius 2 is 2.33 bits per heavy atom. The van der Waals surface area contributed by atoms with Gasteiger partial charge in [-0.15, -0.1) is 11.8 Å². The van der Waals surface area contributed by atoms with Crippen molar-refractivity contribution < 1.29 is 8.42 Å². The standard InChI is InChI=1S/C12H18N2O2S2/c1-17-12-6-2-4-10(8-12)14-18(15,16)9-11-5-3-7-13-11/h2,4,6,8,11,13-14H,3,5,7,9H2,1H3. The number of anilines is 1. The summed E-state index contributed by atoms with van der Waals surface area (Å²) in [5, 5.41) is 3.20. The molecule has 1 aliphatic rings. The van der Waals surface area contributed by atoms with E-state index in [-0.39, 0.29) is 11.8 Å². The van der Waals surface area contributed by atoms with Crippen LogP contribution in [0.1, 0.15) is 12.8 Å². The Balaban J connectivity index is 2.02. The van der Waals surface area contributed by atoms with Crippen LogP contribution in [-0.2, 0) is 10.0 Å². The van der Waals surface area contributed by atoms with Crippen molar-refractivity contribution in [2.45, 2.75) is 23.8 Å². The first-order chi connectivity index (χ1) is 8.59. The maximum absolute atomic E-state index is 12.0. The zero-order chi connectivity index (χ0) is 13.0. The first kappa shape index (κ1) is 13.7. The second kappa shape index (κ2) is 5.95. The Kier molecular flexibility index (Phi) is 4.53. The third kappa shape index (κ3) is 3.90. The lowest BCUT2D eigenvalue weighted by atomic mass is 10.3. The van der Waals surface area contributed by atoms with Crippen LogP contribution in [0.3, 0.4) is 0 Å². The summed E-state index contributed by atoms with van der Waals surface area (Å²) in [6.07, 6.45) is 3.96. The monoisotopic (exact) mass is 286 g/mol. The molecule has 0 radical (unpaired) electrons. The molecule has 0 aliphatic carbocycles. The van der Waals surface area contributed by atoms with E-state index >= 15 is 0 Å². The van der Waals surface area contributed by atoms with Crippen molar-refractivity contribution in [3.05, 3.63) is 24.3 Å². The molecule has 1 unspecified atom stereocenters. The van der Waals surface area contributed by atoms with Crippen molar-refractivity contribution in [3.63, 3.8) is 0 Å². The van der Waals surface area contributed by atoms with Crippen molar-refractivity contribution in [1.82, 2.24) is 5.32 Å². The number of thioether (sulfide) groups is 1. The van der Waals surface area contributed by atoms with Gasteiger partial charge in [0.2, 0.25) is 10.0 Å². The average Bonchev–Trinajstić information content (AvgIpc) is 2.80. The van der Waals surface area contributed by atoms with Crippen molar-refractivity contribution in [3.8, 4) is 0 Å². The van der Waals surface area contributed by atoms with E-state index in [4.69, 9.17) is 0 Å². The molecule has 1 fully saturated rings. The summed E-state index contributed by atoms with van der Waals surface area (Å²) in [6, 6.07) is 7.54. The van der Waals surface area contributed by atoms with E-state index in [0.717, 1.165) is 24.3 Å². The topological polar surface area (TPSA) is 58.2 Å².